The number of thioether (sulfide) groups is 1. The topological polar surface area (TPSA) is 78.3 Å². The average Bonchev–Trinajstić information content (AvgIpc) is 3.08. The molecule has 8 heteroatoms. The summed E-state index contributed by atoms with van der Waals surface area (Å²) in [6.07, 6.45) is 2.57. The maximum atomic E-state index is 12.5. The van der Waals surface area contributed by atoms with Crippen LogP contribution in [-0.2, 0) is 9.53 Å². The van der Waals surface area contributed by atoms with Gasteiger partial charge in [-0.3, -0.25) is 0 Å². The number of fused-ring (bicyclic) bond motifs is 1. The van der Waals surface area contributed by atoms with Gasteiger partial charge in [-0.1, -0.05) is 30.8 Å². The van der Waals surface area contributed by atoms with E-state index in [-0.39, 0.29) is 5.97 Å². The molecule has 132 valence electrons. The molecule has 0 spiro atoms. The minimum absolute atomic E-state index is 0.378. The number of aromatic nitrogens is 3. The first kappa shape index (κ1) is 17.3. The van der Waals surface area contributed by atoms with Gasteiger partial charge in [0.25, 0.3) is 0 Å². The van der Waals surface area contributed by atoms with Crippen LogP contribution in [0.25, 0.3) is 0 Å². The molecule has 1 aromatic heterocycles. The van der Waals surface area contributed by atoms with E-state index in [0.29, 0.717) is 23.1 Å². The Balaban J connectivity index is 2.18. The van der Waals surface area contributed by atoms with Crippen LogP contribution in [0, 0.1) is 0 Å². The number of allylic oxidation sites excluding steroid dienone is 1. The van der Waals surface area contributed by atoms with Crippen molar-refractivity contribution in [2.45, 2.75) is 24.5 Å². The molecule has 1 aliphatic rings. The van der Waals surface area contributed by atoms with Crippen molar-refractivity contribution in [2.75, 3.05) is 25.8 Å². The lowest BCUT2D eigenvalue weighted by atomic mass is 9.94. The molecule has 1 N–H and O–H groups in total. The van der Waals surface area contributed by atoms with Crippen molar-refractivity contribution in [3.05, 3.63) is 41.1 Å². The summed E-state index contributed by atoms with van der Waals surface area (Å²) in [5.74, 6) is 0.993. The Morgan fingerprint density at radius 1 is 1.32 bits per heavy atom. The first-order valence-corrected chi connectivity index (χ1v) is 9.08. The number of hydrogen-bond acceptors (Lipinski definition) is 7. The molecular weight excluding hydrogens is 340 g/mol. The number of nitrogens with zero attached hydrogens (tertiary/aromatic N) is 3. The number of methoxy groups -OCH3 is 2. The number of carbonyl (C=O) groups excluding carboxylic acids is 1. The summed E-state index contributed by atoms with van der Waals surface area (Å²) < 4.78 is 12.0. The van der Waals surface area contributed by atoms with Gasteiger partial charge in [0.1, 0.15) is 11.8 Å². The zero-order valence-corrected chi connectivity index (χ0v) is 15.4. The lowest BCUT2D eigenvalue weighted by molar-refractivity contribution is -0.136. The fraction of sp³-hybridized carbons (Fsp3) is 0.353. The Morgan fingerprint density at radius 3 is 2.60 bits per heavy atom. The molecule has 0 aliphatic carbocycles. The molecule has 3 rings (SSSR count). The Bertz CT molecular complexity index is 814. The summed E-state index contributed by atoms with van der Waals surface area (Å²) in [6.45, 7) is 1.98. The van der Waals surface area contributed by atoms with Gasteiger partial charge in [-0.15, -0.1) is 5.10 Å². The van der Waals surface area contributed by atoms with Crippen molar-refractivity contribution in [2.24, 2.45) is 0 Å². The van der Waals surface area contributed by atoms with Crippen LogP contribution in [0.4, 0.5) is 5.95 Å². The van der Waals surface area contributed by atoms with Gasteiger partial charge in [0, 0.05) is 5.70 Å². The van der Waals surface area contributed by atoms with E-state index in [1.807, 2.05) is 37.4 Å². The zero-order chi connectivity index (χ0) is 18.0. The number of carbonyl (C=O) groups is 1. The van der Waals surface area contributed by atoms with Gasteiger partial charge >= 0.3 is 5.97 Å². The third-order valence-electron chi connectivity index (χ3n) is 4.09. The quantitative estimate of drug-likeness (QED) is 0.649. The van der Waals surface area contributed by atoms with Crippen molar-refractivity contribution < 1.29 is 14.3 Å². The van der Waals surface area contributed by atoms with E-state index in [1.54, 1.807) is 11.8 Å². The lowest BCUT2D eigenvalue weighted by Crippen LogP contribution is -2.30. The summed E-state index contributed by atoms with van der Waals surface area (Å²) in [6, 6.07) is 7.18. The minimum Gasteiger partial charge on any atom is -0.497 e. The molecule has 2 heterocycles. The van der Waals surface area contributed by atoms with Crippen LogP contribution in [-0.4, -0.2) is 41.2 Å². The highest BCUT2D eigenvalue weighted by atomic mass is 32.2. The van der Waals surface area contributed by atoms with E-state index < -0.39 is 6.04 Å². The molecule has 0 radical (unpaired) electrons. The van der Waals surface area contributed by atoms with E-state index in [1.165, 1.54) is 18.9 Å². The van der Waals surface area contributed by atoms with Gasteiger partial charge in [0.2, 0.25) is 11.1 Å². The SMILES string of the molecule is CCC1=C(C(=O)OC)[C@@H](c2ccc(OC)cc2)n2nc(SC)nc2N1. The van der Waals surface area contributed by atoms with Gasteiger partial charge in [0.05, 0.1) is 19.8 Å². The third-order valence-corrected chi connectivity index (χ3v) is 4.63. The fourth-order valence-electron chi connectivity index (χ4n) is 2.86. The highest BCUT2D eigenvalue weighted by Gasteiger charge is 2.35. The number of rotatable bonds is 5. The largest absolute Gasteiger partial charge is 0.497 e. The number of esters is 1. The molecular formula is C17H20N4O3S. The first-order valence-electron chi connectivity index (χ1n) is 7.85. The summed E-state index contributed by atoms with van der Waals surface area (Å²) in [7, 11) is 3.01. The summed E-state index contributed by atoms with van der Waals surface area (Å²) >= 11 is 1.45. The predicted molar refractivity (Wildman–Crippen MR) is 95.9 cm³/mol. The monoisotopic (exact) mass is 360 g/mol. The molecule has 0 saturated heterocycles. The smallest absolute Gasteiger partial charge is 0.338 e. The second-order valence-corrected chi connectivity index (χ2v) is 6.18. The Kier molecular flexibility index (Phi) is 4.98. The molecule has 1 aromatic carbocycles. The van der Waals surface area contributed by atoms with Crippen LogP contribution in [0.2, 0.25) is 0 Å². The molecule has 2 aromatic rings. The molecule has 0 saturated carbocycles. The average molecular weight is 360 g/mol. The first-order chi connectivity index (χ1) is 12.1. The highest BCUT2D eigenvalue weighted by molar-refractivity contribution is 7.98. The van der Waals surface area contributed by atoms with Crippen LogP contribution in [0.5, 0.6) is 5.75 Å². The molecule has 0 fully saturated rings. The van der Waals surface area contributed by atoms with E-state index in [4.69, 9.17) is 9.47 Å². The third kappa shape index (κ3) is 3.09. The second kappa shape index (κ2) is 7.18. The molecule has 1 aliphatic heterocycles. The van der Waals surface area contributed by atoms with Gasteiger partial charge in [-0.05, 0) is 30.4 Å². The molecule has 0 amide bonds. The van der Waals surface area contributed by atoms with Crippen LogP contribution < -0.4 is 10.1 Å². The maximum Gasteiger partial charge on any atom is 0.338 e. The summed E-state index contributed by atoms with van der Waals surface area (Å²) in [5, 5.41) is 8.40. The summed E-state index contributed by atoms with van der Waals surface area (Å²) in [4.78, 5) is 17.0. The van der Waals surface area contributed by atoms with Crippen LogP contribution in [0.3, 0.4) is 0 Å². The number of ether oxygens (including phenoxy) is 2. The number of anilines is 1. The fourth-order valence-corrected chi connectivity index (χ4v) is 3.21. The number of nitrogens with one attached hydrogen (secondary N) is 1. The lowest BCUT2D eigenvalue weighted by Gasteiger charge is -2.28. The van der Waals surface area contributed by atoms with Gasteiger partial charge in [0.15, 0.2) is 0 Å². The van der Waals surface area contributed by atoms with Gasteiger partial charge in [-0.2, -0.15) is 4.98 Å². The molecule has 1 atom stereocenters. The van der Waals surface area contributed by atoms with Gasteiger partial charge < -0.3 is 14.8 Å². The van der Waals surface area contributed by atoms with E-state index in [2.05, 4.69) is 15.4 Å². The highest BCUT2D eigenvalue weighted by Crippen LogP contribution is 2.37. The maximum absolute atomic E-state index is 12.5. The normalized spacial score (nSPS) is 16.2. The van der Waals surface area contributed by atoms with Crippen molar-refractivity contribution in [3.63, 3.8) is 0 Å². The van der Waals surface area contributed by atoms with Gasteiger partial charge in [-0.25, -0.2) is 9.48 Å². The molecule has 25 heavy (non-hydrogen) atoms. The van der Waals surface area contributed by atoms with Crippen LogP contribution in [0.15, 0.2) is 40.7 Å². The van der Waals surface area contributed by atoms with Crippen molar-refractivity contribution in [3.8, 4) is 5.75 Å². The summed E-state index contributed by atoms with van der Waals surface area (Å²) in [5.41, 5.74) is 2.24. The predicted octanol–water partition coefficient (Wildman–Crippen LogP) is 2.86. The Labute approximate surface area is 150 Å². The van der Waals surface area contributed by atoms with E-state index in [0.717, 1.165) is 17.0 Å². The van der Waals surface area contributed by atoms with E-state index in [9.17, 15) is 4.79 Å². The molecule has 0 bridgehead atoms. The number of hydrogen-bond donors (Lipinski definition) is 1. The number of benzene rings is 1. The van der Waals surface area contributed by atoms with Crippen LogP contribution >= 0.6 is 11.8 Å². The minimum atomic E-state index is -0.405. The molecule has 7 nitrogen and oxygen atoms in total. The van der Waals surface area contributed by atoms with Crippen molar-refractivity contribution >= 4 is 23.7 Å². The molecule has 0 unspecified atom stereocenters. The second-order valence-electron chi connectivity index (χ2n) is 5.40. The van der Waals surface area contributed by atoms with E-state index >= 15 is 0 Å². The zero-order valence-electron chi connectivity index (χ0n) is 14.6. The Hall–Kier alpha value is -2.48. The van der Waals surface area contributed by atoms with Crippen LogP contribution in [0.1, 0.15) is 24.9 Å². The Morgan fingerprint density at radius 2 is 2.04 bits per heavy atom. The van der Waals surface area contributed by atoms with Crippen molar-refractivity contribution in [1.29, 1.82) is 0 Å². The van der Waals surface area contributed by atoms with Crippen molar-refractivity contribution in [1.82, 2.24) is 14.8 Å². The standard InChI is InChI=1S/C17H20N4O3S/c1-5-12-13(15(22)24-3)14(10-6-8-11(23-2)9-7-10)21-16(18-12)19-17(20-21)25-4/h6-9,14H,5H2,1-4H3,(H,18,19,20)/t14-/m1/s1.